The standard InChI is InChI=1S/C15H17Cl2N5/c16-11-5-2-6-12(17)14(11)15(7-8-15)18-9-13-19-20-21-22(13)10-3-1-4-10/h2,5-6,10,18H,1,3-4,7-9H2. The summed E-state index contributed by atoms with van der Waals surface area (Å²) in [6.07, 6.45) is 5.65. The number of nitrogens with zero attached hydrogens (tertiary/aromatic N) is 4. The van der Waals surface area contributed by atoms with E-state index >= 15 is 0 Å². The number of tetrazole rings is 1. The van der Waals surface area contributed by atoms with Gasteiger partial charge < -0.3 is 5.32 Å². The first kappa shape index (κ1) is 14.4. The highest BCUT2D eigenvalue weighted by molar-refractivity contribution is 6.36. The summed E-state index contributed by atoms with van der Waals surface area (Å²) < 4.78 is 1.96. The second-order valence-electron chi connectivity index (χ2n) is 6.16. The van der Waals surface area contributed by atoms with Gasteiger partial charge in [0.05, 0.1) is 12.6 Å². The van der Waals surface area contributed by atoms with Crippen LogP contribution in [0.25, 0.3) is 0 Å². The first-order valence-corrected chi connectivity index (χ1v) is 8.41. The van der Waals surface area contributed by atoms with E-state index in [1.807, 2.05) is 22.9 Å². The Morgan fingerprint density at radius 1 is 1.23 bits per heavy atom. The maximum Gasteiger partial charge on any atom is 0.165 e. The molecule has 1 heterocycles. The minimum absolute atomic E-state index is 0.133. The lowest BCUT2D eigenvalue weighted by Gasteiger charge is -2.26. The monoisotopic (exact) mass is 337 g/mol. The molecule has 1 N–H and O–H groups in total. The first-order chi connectivity index (χ1) is 10.7. The van der Waals surface area contributed by atoms with Crippen molar-refractivity contribution in [1.29, 1.82) is 0 Å². The summed E-state index contributed by atoms with van der Waals surface area (Å²) in [5.74, 6) is 0.888. The summed E-state index contributed by atoms with van der Waals surface area (Å²) in [6, 6.07) is 6.12. The summed E-state index contributed by atoms with van der Waals surface area (Å²) in [6.45, 7) is 0.630. The number of rotatable bonds is 5. The molecule has 22 heavy (non-hydrogen) atoms. The lowest BCUT2D eigenvalue weighted by Crippen LogP contribution is -2.31. The molecule has 2 aliphatic carbocycles. The normalized spacial score (nSPS) is 19.9. The van der Waals surface area contributed by atoms with Crippen LogP contribution in [0.15, 0.2) is 18.2 Å². The SMILES string of the molecule is Clc1cccc(Cl)c1C1(NCc2nnnn2C2CCC2)CC1. The molecule has 1 aromatic carbocycles. The van der Waals surface area contributed by atoms with E-state index in [0.717, 1.165) is 34.3 Å². The summed E-state index contributed by atoms with van der Waals surface area (Å²) >= 11 is 12.7. The molecule has 0 radical (unpaired) electrons. The molecule has 4 rings (SSSR count). The highest BCUT2D eigenvalue weighted by Gasteiger charge is 2.46. The van der Waals surface area contributed by atoms with E-state index in [9.17, 15) is 0 Å². The molecule has 0 saturated heterocycles. The maximum absolute atomic E-state index is 6.36. The topological polar surface area (TPSA) is 55.6 Å². The Morgan fingerprint density at radius 3 is 2.55 bits per heavy atom. The molecule has 2 fully saturated rings. The summed E-state index contributed by atoms with van der Waals surface area (Å²) in [7, 11) is 0. The number of halogens is 2. The van der Waals surface area contributed by atoms with Crippen LogP contribution in [-0.2, 0) is 12.1 Å². The highest BCUT2D eigenvalue weighted by Crippen LogP contribution is 2.50. The molecular weight excluding hydrogens is 321 g/mol. The van der Waals surface area contributed by atoms with Crippen molar-refractivity contribution in [1.82, 2.24) is 25.5 Å². The number of benzene rings is 1. The predicted molar refractivity (Wildman–Crippen MR) is 84.9 cm³/mol. The van der Waals surface area contributed by atoms with E-state index < -0.39 is 0 Å². The summed E-state index contributed by atoms with van der Waals surface area (Å²) in [5.41, 5.74) is 0.868. The van der Waals surface area contributed by atoms with Gasteiger partial charge in [-0.05, 0) is 54.7 Å². The quantitative estimate of drug-likeness (QED) is 0.907. The predicted octanol–water partition coefficient (Wildman–Crippen LogP) is 3.48. The molecular formula is C15H17Cl2N5. The van der Waals surface area contributed by atoms with E-state index in [-0.39, 0.29) is 5.54 Å². The second-order valence-corrected chi connectivity index (χ2v) is 6.97. The van der Waals surface area contributed by atoms with Crippen LogP contribution in [0.4, 0.5) is 0 Å². The van der Waals surface area contributed by atoms with Gasteiger partial charge in [0.15, 0.2) is 5.82 Å². The van der Waals surface area contributed by atoms with Crippen molar-refractivity contribution >= 4 is 23.2 Å². The van der Waals surface area contributed by atoms with Crippen molar-refractivity contribution < 1.29 is 0 Å². The lowest BCUT2D eigenvalue weighted by atomic mass is 9.93. The zero-order chi connectivity index (χ0) is 15.2. The van der Waals surface area contributed by atoms with Crippen molar-refractivity contribution in [3.8, 4) is 0 Å². The van der Waals surface area contributed by atoms with Crippen LogP contribution in [0, 0.1) is 0 Å². The van der Waals surface area contributed by atoms with E-state index in [2.05, 4.69) is 20.8 Å². The molecule has 0 spiro atoms. The van der Waals surface area contributed by atoms with Gasteiger partial charge in [-0.15, -0.1) is 5.10 Å². The summed E-state index contributed by atoms with van der Waals surface area (Å²) in [4.78, 5) is 0. The Balaban J connectivity index is 1.53. The largest absolute Gasteiger partial charge is 0.300 e. The molecule has 2 saturated carbocycles. The van der Waals surface area contributed by atoms with E-state index in [4.69, 9.17) is 23.2 Å². The number of nitrogens with one attached hydrogen (secondary N) is 1. The number of aromatic nitrogens is 4. The van der Waals surface area contributed by atoms with Crippen molar-refractivity contribution in [2.45, 2.75) is 50.2 Å². The van der Waals surface area contributed by atoms with Gasteiger partial charge in [-0.25, -0.2) is 4.68 Å². The molecule has 2 aliphatic rings. The van der Waals surface area contributed by atoms with E-state index in [1.165, 1.54) is 19.3 Å². The van der Waals surface area contributed by atoms with Crippen LogP contribution < -0.4 is 5.32 Å². The van der Waals surface area contributed by atoms with Crippen LogP contribution >= 0.6 is 23.2 Å². The average molecular weight is 338 g/mol. The van der Waals surface area contributed by atoms with E-state index in [1.54, 1.807) is 0 Å². The molecule has 0 unspecified atom stereocenters. The van der Waals surface area contributed by atoms with Crippen molar-refractivity contribution in [3.05, 3.63) is 39.6 Å². The van der Waals surface area contributed by atoms with Crippen molar-refractivity contribution in [3.63, 3.8) is 0 Å². The van der Waals surface area contributed by atoms with Gasteiger partial charge in [0, 0.05) is 21.1 Å². The van der Waals surface area contributed by atoms with E-state index in [0.29, 0.717) is 12.6 Å². The summed E-state index contributed by atoms with van der Waals surface area (Å²) in [5, 5.41) is 17.1. The highest BCUT2D eigenvalue weighted by atomic mass is 35.5. The lowest BCUT2D eigenvalue weighted by molar-refractivity contribution is 0.274. The Morgan fingerprint density at radius 2 is 1.95 bits per heavy atom. The number of hydrogen-bond acceptors (Lipinski definition) is 4. The zero-order valence-corrected chi connectivity index (χ0v) is 13.6. The van der Waals surface area contributed by atoms with Crippen LogP contribution in [0.3, 0.4) is 0 Å². The van der Waals surface area contributed by atoms with Gasteiger partial charge in [-0.3, -0.25) is 0 Å². The maximum atomic E-state index is 6.36. The molecule has 0 amide bonds. The Labute approximate surface area is 139 Å². The zero-order valence-electron chi connectivity index (χ0n) is 12.1. The second kappa shape index (κ2) is 5.48. The fourth-order valence-electron chi connectivity index (χ4n) is 3.09. The van der Waals surface area contributed by atoms with Crippen molar-refractivity contribution in [2.24, 2.45) is 0 Å². The van der Waals surface area contributed by atoms with Gasteiger partial charge >= 0.3 is 0 Å². The smallest absolute Gasteiger partial charge is 0.165 e. The minimum atomic E-state index is -0.133. The average Bonchev–Trinajstić information content (AvgIpc) is 3.07. The third-order valence-corrected chi connectivity index (χ3v) is 5.39. The minimum Gasteiger partial charge on any atom is -0.300 e. The van der Waals surface area contributed by atoms with Gasteiger partial charge in [-0.2, -0.15) is 0 Å². The van der Waals surface area contributed by atoms with Crippen LogP contribution in [0.1, 0.15) is 49.5 Å². The third kappa shape index (κ3) is 2.41. The Hall–Kier alpha value is -1.17. The fourth-order valence-corrected chi connectivity index (χ4v) is 3.85. The third-order valence-electron chi connectivity index (χ3n) is 4.76. The Kier molecular flexibility index (Phi) is 3.59. The molecule has 116 valence electrons. The van der Waals surface area contributed by atoms with Crippen molar-refractivity contribution in [2.75, 3.05) is 0 Å². The molecule has 1 aromatic heterocycles. The van der Waals surface area contributed by atoms with Gasteiger partial charge in [0.25, 0.3) is 0 Å². The Bertz CT molecular complexity index is 671. The van der Waals surface area contributed by atoms with Gasteiger partial charge in [0.2, 0.25) is 0 Å². The first-order valence-electron chi connectivity index (χ1n) is 7.66. The molecule has 0 atom stereocenters. The molecule has 5 nitrogen and oxygen atoms in total. The molecule has 7 heteroatoms. The van der Waals surface area contributed by atoms with Crippen LogP contribution in [0.5, 0.6) is 0 Å². The molecule has 0 bridgehead atoms. The molecule has 2 aromatic rings. The van der Waals surface area contributed by atoms with Gasteiger partial charge in [-0.1, -0.05) is 29.3 Å². The van der Waals surface area contributed by atoms with Gasteiger partial charge in [0.1, 0.15) is 0 Å². The fraction of sp³-hybridized carbons (Fsp3) is 0.533. The number of hydrogen-bond donors (Lipinski definition) is 1. The van der Waals surface area contributed by atoms with Crippen LogP contribution in [0.2, 0.25) is 10.0 Å². The van der Waals surface area contributed by atoms with Crippen LogP contribution in [-0.4, -0.2) is 20.2 Å². The molecule has 0 aliphatic heterocycles.